The van der Waals surface area contributed by atoms with Gasteiger partial charge in [-0.1, -0.05) is 39.3 Å². The first-order valence-corrected chi connectivity index (χ1v) is 11.2. The molecule has 43 heavy (non-hydrogen) atoms. The van der Waals surface area contributed by atoms with Crippen molar-refractivity contribution in [1.82, 2.24) is 5.34 Å². The van der Waals surface area contributed by atoms with Gasteiger partial charge in [0.1, 0.15) is 5.82 Å². The second-order valence-corrected chi connectivity index (χ2v) is 8.31. The van der Waals surface area contributed by atoms with Gasteiger partial charge in [-0.25, -0.2) is 8.78 Å². The summed E-state index contributed by atoms with van der Waals surface area (Å²) in [6, 6.07) is 11.8. The Balaban J connectivity index is 0.000000326. The first-order chi connectivity index (χ1) is 19.7. The number of nitrogens with one attached hydrogen (secondary N) is 2. The van der Waals surface area contributed by atoms with Gasteiger partial charge in [-0.2, -0.15) is 39.5 Å². The Morgan fingerprint density at radius 3 is 1.72 bits per heavy atom. The summed E-state index contributed by atoms with van der Waals surface area (Å²) in [5.74, 6) is -6.68. The van der Waals surface area contributed by atoms with Crippen LogP contribution in [0.25, 0.3) is 0 Å². The number of amides is 2. The van der Waals surface area contributed by atoms with Crippen LogP contribution in [0.2, 0.25) is 0 Å². The predicted molar refractivity (Wildman–Crippen MR) is 125 cm³/mol. The van der Waals surface area contributed by atoms with Gasteiger partial charge in [0.25, 0.3) is 5.91 Å². The Bertz CT molecular complexity index is 1400. The van der Waals surface area contributed by atoms with Crippen molar-refractivity contribution in [3.63, 3.8) is 0 Å². The van der Waals surface area contributed by atoms with E-state index in [2.05, 4.69) is 5.32 Å². The van der Waals surface area contributed by atoms with Crippen LogP contribution in [0.15, 0.2) is 60.7 Å². The lowest BCUT2D eigenvalue weighted by molar-refractivity contribution is -0.388. The topological polar surface area (TPSA) is 61.4 Å². The van der Waals surface area contributed by atoms with E-state index in [1.54, 1.807) is 49.4 Å². The number of carbonyl (C=O) groups is 2. The van der Waals surface area contributed by atoms with Crippen molar-refractivity contribution in [2.24, 2.45) is 0 Å². The molecule has 3 aromatic rings. The van der Waals surface area contributed by atoms with Crippen LogP contribution in [0, 0.1) is 12.7 Å². The summed E-state index contributed by atoms with van der Waals surface area (Å²) in [4.78, 5) is 22.1. The molecule has 1 atom stereocenters. The maximum Gasteiger partial charge on any atom is 0.446 e. The van der Waals surface area contributed by atoms with Gasteiger partial charge < -0.3 is 10.6 Å². The number of hydrogen-bond acceptors (Lipinski definition) is 3. The van der Waals surface area contributed by atoms with E-state index in [1.807, 2.05) is 6.07 Å². The zero-order valence-electron chi connectivity index (χ0n) is 21.0. The van der Waals surface area contributed by atoms with Gasteiger partial charge >= 0.3 is 24.3 Å². The first kappa shape index (κ1) is 34.8. The van der Waals surface area contributed by atoms with Crippen LogP contribution in [-0.2, 0) is 22.9 Å². The molecule has 0 aliphatic heterocycles. The molecule has 0 saturated carbocycles. The number of rotatable bonds is 6. The fraction of sp³-hybridized carbons (Fsp3) is 0.200. The highest BCUT2D eigenvalue weighted by molar-refractivity contribution is 6.04. The summed E-state index contributed by atoms with van der Waals surface area (Å²) < 4.78 is 168. The van der Waals surface area contributed by atoms with Crippen molar-refractivity contribution >= 4 is 23.7 Å². The lowest BCUT2D eigenvalue weighted by Crippen LogP contribution is -2.46. The SMILES string of the molecule is Cc1cccc(NC(=O)c2ccccc2)c1F.O=CNc1c(C(F)(F)F)cc(C(F)(N(F)F)C(F)(F)F)cc1C(F)(F)F. The monoisotopic (exact) mass is 637 g/mol. The minimum absolute atomic E-state index is 0.207. The summed E-state index contributed by atoms with van der Waals surface area (Å²) in [7, 11) is 0. The van der Waals surface area contributed by atoms with E-state index in [4.69, 9.17) is 0 Å². The fourth-order valence-electron chi connectivity index (χ4n) is 3.38. The molecule has 0 bridgehead atoms. The minimum Gasteiger partial charge on any atom is -0.328 e. The molecular weight excluding hydrogens is 621 g/mol. The molecule has 0 aromatic heterocycles. The molecule has 0 aliphatic carbocycles. The highest BCUT2D eigenvalue weighted by atomic mass is 19.4. The Kier molecular flexibility index (Phi) is 10.4. The second kappa shape index (κ2) is 12.9. The van der Waals surface area contributed by atoms with Gasteiger partial charge in [-0.05, 0) is 42.8 Å². The van der Waals surface area contributed by atoms with Crippen LogP contribution in [0.5, 0.6) is 0 Å². The minimum atomic E-state index is -6.61. The Hall–Kier alpha value is -4.35. The summed E-state index contributed by atoms with van der Waals surface area (Å²) in [6.45, 7) is 1.66. The zero-order valence-corrected chi connectivity index (χ0v) is 21.0. The van der Waals surface area contributed by atoms with Crippen LogP contribution in [0.3, 0.4) is 0 Å². The number of aryl methyl sites for hydroxylation is 1. The summed E-state index contributed by atoms with van der Waals surface area (Å²) in [5.41, 5.74) is -8.75. The first-order valence-electron chi connectivity index (χ1n) is 11.2. The quantitative estimate of drug-likeness (QED) is 0.124. The number of alkyl halides is 10. The molecule has 234 valence electrons. The number of carbonyl (C=O) groups excluding carboxylic acids is 2. The third kappa shape index (κ3) is 7.94. The van der Waals surface area contributed by atoms with Gasteiger partial charge in [0.05, 0.1) is 27.8 Å². The standard InChI is InChI=1S/C14H12FNO.C11H4F12N2O/c1-10-6-5-9-12(13(10)15)16-14(17)11-7-3-2-4-8-11;12-8(25(22)23,11(19,20)21)4-1-5(9(13,14)15)7(24-3-26)6(2-4)10(16,17)18/h2-9H,1H3,(H,16,17);1-3H,(H,24,26). The van der Waals surface area contributed by atoms with E-state index in [9.17, 15) is 66.8 Å². The van der Waals surface area contributed by atoms with Crippen molar-refractivity contribution in [1.29, 1.82) is 0 Å². The molecule has 18 heteroatoms. The number of anilines is 2. The molecule has 5 nitrogen and oxygen atoms in total. The van der Waals surface area contributed by atoms with Crippen molar-refractivity contribution < 1.29 is 66.8 Å². The molecule has 1 unspecified atom stereocenters. The highest BCUT2D eigenvalue weighted by Crippen LogP contribution is 2.50. The number of nitrogens with zero attached hydrogens (tertiary/aromatic N) is 1. The smallest absolute Gasteiger partial charge is 0.328 e. The highest BCUT2D eigenvalue weighted by Gasteiger charge is 2.65. The molecule has 0 fully saturated rings. The van der Waals surface area contributed by atoms with Gasteiger partial charge in [0.2, 0.25) is 6.41 Å². The molecule has 0 aliphatic rings. The number of halogens is 13. The summed E-state index contributed by atoms with van der Waals surface area (Å²) in [5, 5.41) is 0.320. The van der Waals surface area contributed by atoms with Crippen molar-refractivity contribution in [3.8, 4) is 0 Å². The van der Waals surface area contributed by atoms with Crippen molar-refractivity contribution in [3.05, 3.63) is 94.3 Å². The molecule has 0 spiro atoms. The largest absolute Gasteiger partial charge is 0.446 e. The van der Waals surface area contributed by atoms with E-state index >= 15 is 0 Å². The van der Waals surface area contributed by atoms with Crippen molar-refractivity contribution in [2.75, 3.05) is 10.6 Å². The van der Waals surface area contributed by atoms with Crippen LogP contribution < -0.4 is 10.6 Å². The molecule has 2 amide bonds. The van der Waals surface area contributed by atoms with Crippen LogP contribution in [-0.4, -0.2) is 23.8 Å². The second-order valence-electron chi connectivity index (χ2n) is 8.31. The van der Waals surface area contributed by atoms with Gasteiger partial charge in [-0.15, -0.1) is 0 Å². The predicted octanol–water partition coefficient (Wildman–Crippen LogP) is 8.43. The number of hydrogen-bond donors (Lipinski definition) is 2. The average molecular weight is 637 g/mol. The zero-order chi connectivity index (χ0) is 33.0. The van der Waals surface area contributed by atoms with Crippen LogP contribution in [0.4, 0.5) is 68.6 Å². The van der Waals surface area contributed by atoms with E-state index in [0.717, 1.165) is 5.32 Å². The Morgan fingerprint density at radius 2 is 1.30 bits per heavy atom. The van der Waals surface area contributed by atoms with E-state index in [-0.39, 0.29) is 11.6 Å². The van der Waals surface area contributed by atoms with Gasteiger partial charge in [0.15, 0.2) is 0 Å². The third-order valence-corrected chi connectivity index (χ3v) is 5.42. The molecule has 0 heterocycles. The normalized spacial score (nSPS) is 13.5. The van der Waals surface area contributed by atoms with Crippen molar-refractivity contribution in [2.45, 2.75) is 31.2 Å². The van der Waals surface area contributed by atoms with E-state index in [0.29, 0.717) is 11.1 Å². The maximum absolute atomic E-state index is 13.8. The van der Waals surface area contributed by atoms with Crippen LogP contribution >= 0.6 is 0 Å². The summed E-state index contributed by atoms with van der Waals surface area (Å²) in [6.07, 6.45) is -19.0. The van der Waals surface area contributed by atoms with Gasteiger partial charge in [0, 0.05) is 11.1 Å². The lowest BCUT2D eigenvalue weighted by atomic mass is 9.95. The molecular formula is C25H16F13N3O2. The van der Waals surface area contributed by atoms with Crippen LogP contribution in [0.1, 0.15) is 32.6 Å². The number of benzene rings is 3. The maximum atomic E-state index is 13.8. The van der Waals surface area contributed by atoms with E-state index in [1.165, 1.54) is 0 Å². The fourth-order valence-corrected chi connectivity index (χ4v) is 3.38. The molecule has 0 saturated heterocycles. The average Bonchev–Trinajstić information content (AvgIpc) is 2.90. The Morgan fingerprint density at radius 1 is 0.791 bits per heavy atom. The van der Waals surface area contributed by atoms with Gasteiger partial charge in [-0.3, -0.25) is 9.59 Å². The molecule has 2 N–H and O–H groups in total. The van der Waals surface area contributed by atoms with E-state index < -0.39 is 76.4 Å². The molecule has 3 aromatic carbocycles. The molecule has 3 rings (SSSR count). The lowest BCUT2D eigenvalue weighted by Gasteiger charge is -2.29. The molecule has 0 radical (unpaired) electrons. The summed E-state index contributed by atoms with van der Waals surface area (Å²) >= 11 is 0. The Labute approximate surface area is 232 Å². The third-order valence-electron chi connectivity index (χ3n) is 5.42.